The van der Waals surface area contributed by atoms with Crippen LogP contribution in [0.2, 0.25) is 0 Å². The Hall–Kier alpha value is -3.87. The molecule has 0 fully saturated rings. The van der Waals surface area contributed by atoms with Crippen molar-refractivity contribution in [3.05, 3.63) is 82.2 Å². The first kappa shape index (κ1) is 27.2. The number of guanidine groups is 1. The molecule has 0 bridgehead atoms. The summed E-state index contributed by atoms with van der Waals surface area (Å²) in [6.45, 7) is 2.33. The molecule has 0 aliphatic heterocycles. The summed E-state index contributed by atoms with van der Waals surface area (Å²) in [5.41, 5.74) is 19.3. The van der Waals surface area contributed by atoms with Crippen LogP contribution in [0.1, 0.15) is 17.5 Å². The highest BCUT2D eigenvalue weighted by Crippen LogP contribution is 2.27. The van der Waals surface area contributed by atoms with E-state index < -0.39 is 22.3 Å². The van der Waals surface area contributed by atoms with Crippen molar-refractivity contribution in [1.29, 1.82) is 0 Å². The Morgan fingerprint density at radius 2 is 1.89 bits per heavy atom. The largest absolute Gasteiger partial charge is 0.370 e. The van der Waals surface area contributed by atoms with Gasteiger partial charge in [-0.05, 0) is 54.4 Å². The van der Waals surface area contributed by atoms with Gasteiger partial charge in [-0.1, -0.05) is 18.2 Å². The predicted octanol–water partition coefficient (Wildman–Crippen LogP) is 1.48. The fourth-order valence-corrected chi connectivity index (χ4v) is 4.96. The fraction of sp³-hybridized carbons (Fsp3) is 0.269. The number of nitrogens with zero attached hydrogens (tertiary/aromatic N) is 3. The molecule has 2 aromatic carbocycles. The standard InChI is InChI=1S/C26H31FN8O2S/c27-22-7-4-18(16-38(37)11-8-28)12-21(22)23-13-19-15-35(26(36)34-24(19)33-23)20-5-2-17(3-6-20)14-31-9-1-10-32-25(29)30/h2-7,12-13,15,31H,1,8-11,14,16,28H2,(H4,29,30,32)(H,33,34,36). The number of rotatable bonds is 12. The van der Waals surface area contributed by atoms with Gasteiger partial charge in [-0.15, -0.1) is 0 Å². The number of H-pyrrole nitrogens is 1. The molecule has 10 nitrogen and oxygen atoms in total. The normalized spacial score (nSPS) is 12.1. The number of aromatic nitrogens is 3. The molecule has 0 aliphatic rings. The summed E-state index contributed by atoms with van der Waals surface area (Å²) in [4.78, 5) is 23.9. The first-order chi connectivity index (χ1) is 18.3. The van der Waals surface area contributed by atoms with E-state index in [2.05, 4.69) is 20.3 Å². The number of benzene rings is 2. The maximum atomic E-state index is 14.7. The van der Waals surface area contributed by atoms with E-state index in [-0.39, 0.29) is 11.7 Å². The van der Waals surface area contributed by atoms with Crippen molar-refractivity contribution in [2.45, 2.75) is 18.7 Å². The van der Waals surface area contributed by atoms with Crippen molar-refractivity contribution in [3.8, 4) is 16.9 Å². The van der Waals surface area contributed by atoms with Gasteiger partial charge in [0.1, 0.15) is 11.5 Å². The molecule has 2 aromatic heterocycles. The van der Waals surface area contributed by atoms with Crippen molar-refractivity contribution in [2.75, 3.05) is 25.4 Å². The highest BCUT2D eigenvalue weighted by Gasteiger charge is 2.13. The molecule has 0 saturated heterocycles. The molecule has 0 amide bonds. The molecule has 2 heterocycles. The van der Waals surface area contributed by atoms with E-state index in [0.29, 0.717) is 53.4 Å². The van der Waals surface area contributed by atoms with Gasteiger partial charge in [0.05, 0.1) is 11.4 Å². The summed E-state index contributed by atoms with van der Waals surface area (Å²) >= 11 is 0. The van der Waals surface area contributed by atoms with E-state index >= 15 is 0 Å². The van der Waals surface area contributed by atoms with Gasteiger partial charge in [0.25, 0.3) is 0 Å². The van der Waals surface area contributed by atoms with E-state index in [1.807, 2.05) is 24.3 Å². The number of fused-ring (bicyclic) bond motifs is 1. The maximum Gasteiger partial charge on any atom is 0.354 e. The predicted molar refractivity (Wildman–Crippen MR) is 150 cm³/mol. The molecule has 0 radical (unpaired) electrons. The Morgan fingerprint density at radius 3 is 2.63 bits per heavy atom. The Bertz CT molecular complexity index is 1510. The third kappa shape index (κ3) is 6.91. The van der Waals surface area contributed by atoms with Gasteiger partial charge in [-0.25, -0.2) is 9.18 Å². The summed E-state index contributed by atoms with van der Waals surface area (Å²) < 4.78 is 28.2. The highest BCUT2D eigenvalue weighted by atomic mass is 32.2. The number of aromatic amines is 1. The van der Waals surface area contributed by atoms with Gasteiger partial charge in [0.2, 0.25) is 0 Å². The first-order valence-corrected chi connectivity index (χ1v) is 13.6. The average Bonchev–Trinajstić information content (AvgIpc) is 3.29. The van der Waals surface area contributed by atoms with Gasteiger partial charge < -0.3 is 27.5 Å². The molecular weight excluding hydrogens is 507 g/mol. The van der Waals surface area contributed by atoms with Crippen LogP contribution in [0.3, 0.4) is 0 Å². The van der Waals surface area contributed by atoms with E-state index in [0.717, 1.165) is 24.1 Å². The van der Waals surface area contributed by atoms with Crippen LogP contribution in [0.4, 0.5) is 4.39 Å². The monoisotopic (exact) mass is 538 g/mol. The molecule has 0 aliphatic carbocycles. The lowest BCUT2D eigenvalue weighted by Crippen LogP contribution is -2.23. The Morgan fingerprint density at radius 1 is 1.13 bits per heavy atom. The minimum atomic E-state index is -1.12. The zero-order chi connectivity index (χ0) is 27.1. The zero-order valence-electron chi connectivity index (χ0n) is 20.8. The lowest BCUT2D eigenvalue weighted by atomic mass is 10.1. The molecule has 0 spiro atoms. The maximum absolute atomic E-state index is 14.7. The summed E-state index contributed by atoms with van der Waals surface area (Å²) in [5, 5.41) is 3.98. The molecule has 12 heteroatoms. The molecular formula is C26H31FN8O2S. The third-order valence-electron chi connectivity index (χ3n) is 5.85. The lowest BCUT2D eigenvalue weighted by molar-refractivity contribution is 0.630. The summed E-state index contributed by atoms with van der Waals surface area (Å²) in [5.74, 6) is 0.333. The zero-order valence-corrected chi connectivity index (χ0v) is 21.6. The van der Waals surface area contributed by atoms with E-state index in [9.17, 15) is 13.4 Å². The summed E-state index contributed by atoms with van der Waals surface area (Å²) in [6.07, 6.45) is 2.50. The molecule has 1 atom stereocenters. The van der Waals surface area contributed by atoms with Crippen LogP contribution in [0.15, 0.2) is 64.5 Å². The molecule has 200 valence electrons. The van der Waals surface area contributed by atoms with E-state index in [1.165, 1.54) is 10.6 Å². The molecule has 8 N–H and O–H groups in total. The van der Waals surface area contributed by atoms with Crippen molar-refractivity contribution < 1.29 is 8.60 Å². The number of halogens is 1. The van der Waals surface area contributed by atoms with Crippen molar-refractivity contribution in [2.24, 2.45) is 22.2 Å². The van der Waals surface area contributed by atoms with Crippen LogP contribution in [-0.4, -0.2) is 50.1 Å². The smallest absolute Gasteiger partial charge is 0.354 e. The van der Waals surface area contributed by atoms with Crippen molar-refractivity contribution in [1.82, 2.24) is 19.9 Å². The van der Waals surface area contributed by atoms with Gasteiger partial charge in [0, 0.05) is 59.1 Å². The minimum absolute atomic E-state index is 0.0913. The number of aliphatic imine (C=N–C) groups is 1. The second-order valence-electron chi connectivity index (χ2n) is 8.77. The van der Waals surface area contributed by atoms with E-state index in [4.69, 9.17) is 17.2 Å². The third-order valence-corrected chi connectivity index (χ3v) is 7.20. The van der Waals surface area contributed by atoms with Crippen LogP contribution in [0, 0.1) is 5.82 Å². The SMILES string of the molecule is NCCS(=O)Cc1ccc(F)c(-c2cc3cn(-c4ccc(CNCCCN=C(N)N)cc4)c(=O)nc3[nH]2)c1. The van der Waals surface area contributed by atoms with Crippen LogP contribution < -0.4 is 28.2 Å². The Kier molecular flexibility index (Phi) is 9.00. The van der Waals surface area contributed by atoms with Crippen LogP contribution in [0.5, 0.6) is 0 Å². The second-order valence-corrected chi connectivity index (χ2v) is 10.4. The van der Waals surface area contributed by atoms with Crippen molar-refractivity contribution in [3.63, 3.8) is 0 Å². The highest BCUT2D eigenvalue weighted by molar-refractivity contribution is 7.84. The molecule has 1 unspecified atom stereocenters. The van der Waals surface area contributed by atoms with Crippen LogP contribution in [-0.2, 0) is 23.1 Å². The Balaban J connectivity index is 1.50. The number of nitrogens with one attached hydrogen (secondary N) is 2. The molecule has 38 heavy (non-hydrogen) atoms. The summed E-state index contributed by atoms with van der Waals surface area (Å²) in [7, 11) is -1.12. The number of hydrogen-bond donors (Lipinski definition) is 5. The first-order valence-electron chi connectivity index (χ1n) is 12.2. The van der Waals surface area contributed by atoms with Gasteiger partial charge in [-0.3, -0.25) is 13.8 Å². The van der Waals surface area contributed by atoms with Crippen molar-refractivity contribution >= 4 is 27.8 Å². The molecule has 0 saturated carbocycles. The van der Waals surface area contributed by atoms with Gasteiger partial charge in [-0.2, -0.15) is 4.98 Å². The topological polar surface area (TPSA) is 170 Å². The average molecular weight is 539 g/mol. The number of hydrogen-bond acceptors (Lipinski definition) is 6. The lowest BCUT2D eigenvalue weighted by Gasteiger charge is -2.08. The van der Waals surface area contributed by atoms with E-state index in [1.54, 1.807) is 24.4 Å². The number of nitrogens with two attached hydrogens (primary N) is 3. The fourth-order valence-electron chi connectivity index (χ4n) is 4.00. The van der Waals surface area contributed by atoms with Gasteiger partial charge in [0.15, 0.2) is 5.96 Å². The quantitative estimate of drug-likeness (QED) is 0.103. The molecule has 4 aromatic rings. The molecule has 4 rings (SSSR count). The summed E-state index contributed by atoms with van der Waals surface area (Å²) in [6, 6.07) is 14.0. The minimum Gasteiger partial charge on any atom is -0.370 e. The van der Waals surface area contributed by atoms with Gasteiger partial charge >= 0.3 is 5.69 Å². The van der Waals surface area contributed by atoms with Crippen LogP contribution >= 0.6 is 0 Å². The Labute approximate surface area is 221 Å². The van der Waals surface area contributed by atoms with Crippen LogP contribution in [0.25, 0.3) is 28.0 Å². The second kappa shape index (κ2) is 12.6.